The van der Waals surface area contributed by atoms with Gasteiger partial charge in [0.05, 0.1) is 7.11 Å². The molecule has 0 heterocycles. The summed E-state index contributed by atoms with van der Waals surface area (Å²) in [4.78, 5) is 15.4. The van der Waals surface area contributed by atoms with Crippen LogP contribution < -0.4 is 0 Å². The Morgan fingerprint density at radius 3 is 2.50 bits per heavy atom. The predicted octanol–water partition coefficient (Wildman–Crippen LogP) is 2.91. The van der Waals surface area contributed by atoms with Gasteiger partial charge in [0.15, 0.2) is 0 Å². The van der Waals surface area contributed by atoms with Crippen LogP contribution >= 0.6 is 0 Å². The summed E-state index contributed by atoms with van der Waals surface area (Å²) in [5.74, 6) is -1.37. The van der Waals surface area contributed by atoms with Gasteiger partial charge in [-0.05, 0) is 12.8 Å². The smallest absolute Gasteiger partial charge is 0.330 e. The van der Waals surface area contributed by atoms with E-state index in [1.807, 2.05) is 0 Å². The summed E-state index contributed by atoms with van der Waals surface area (Å²) in [6.07, 6.45) is 7.78. The third-order valence-electron chi connectivity index (χ3n) is 2.85. The molecule has 5 nitrogen and oxygen atoms in total. The first kappa shape index (κ1) is 17.1. The molecule has 0 fully saturated rings. The van der Waals surface area contributed by atoms with E-state index in [1.165, 1.54) is 20.3 Å². The predicted molar refractivity (Wildman–Crippen MR) is 68.0 cm³/mol. The third-order valence-corrected chi connectivity index (χ3v) is 2.85. The van der Waals surface area contributed by atoms with Gasteiger partial charge in [-0.25, -0.2) is 14.9 Å². The minimum absolute atomic E-state index is 0.395. The van der Waals surface area contributed by atoms with Crippen LogP contribution in [0.15, 0.2) is 12.2 Å². The van der Waals surface area contributed by atoms with Gasteiger partial charge in [-0.15, -0.1) is 0 Å². The van der Waals surface area contributed by atoms with Crippen LogP contribution in [-0.2, 0) is 19.2 Å². The van der Waals surface area contributed by atoms with Crippen LogP contribution in [0.5, 0.6) is 0 Å². The summed E-state index contributed by atoms with van der Waals surface area (Å²) in [5, 5.41) is 8.99. The summed E-state index contributed by atoms with van der Waals surface area (Å²) >= 11 is 0. The van der Waals surface area contributed by atoms with E-state index in [-0.39, 0.29) is 0 Å². The minimum atomic E-state index is -0.977. The lowest BCUT2D eigenvalue weighted by Gasteiger charge is -2.28. The Morgan fingerprint density at radius 2 is 2.00 bits per heavy atom. The number of hydrogen-bond acceptors (Lipinski definition) is 5. The molecule has 0 spiro atoms. The zero-order valence-electron chi connectivity index (χ0n) is 11.5. The van der Waals surface area contributed by atoms with Crippen LogP contribution in [0.4, 0.5) is 0 Å². The number of unbranched alkanes of at least 4 members (excludes halogenated alkanes) is 2. The Morgan fingerprint density at radius 1 is 1.28 bits per heavy atom. The van der Waals surface area contributed by atoms with E-state index in [0.29, 0.717) is 19.3 Å². The maximum Gasteiger partial charge on any atom is 0.330 e. The fraction of sp³-hybridized carbons (Fsp3) is 0.769. The van der Waals surface area contributed by atoms with Crippen LogP contribution in [-0.4, -0.2) is 31.2 Å². The fourth-order valence-electron chi connectivity index (χ4n) is 1.65. The maximum atomic E-state index is 10.9. The second kappa shape index (κ2) is 10.1. The van der Waals surface area contributed by atoms with E-state index in [9.17, 15) is 4.79 Å². The summed E-state index contributed by atoms with van der Waals surface area (Å²) < 4.78 is 9.72. The van der Waals surface area contributed by atoms with Crippen molar-refractivity contribution in [3.05, 3.63) is 12.2 Å². The van der Waals surface area contributed by atoms with Crippen molar-refractivity contribution in [2.24, 2.45) is 0 Å². The van der Waals surface area contributed by atoms with Crippen molar-refractivity contribution in [2.75, 3.05) is 14.2 Å². The van der Waals surface area contributed by atoms with Crippen molar-refractivity contribution in [1.82, 2.24) is 0 Å². The Bertz CT molecular complexity index is 246. The zero-order chi connectivity index (χ0) is 13.9. The largest absolute Gasteiger partial charge is 0.466 e. The van der Waals surface area contributed by atoms with Gasteiger partial charge < -0.3 is 9.47 Å². The second-order valence-electron chi connectivity index (χ2n) is 4.13. The molecule has 0 rings (SSSR count). The highest BCUT2D eigenvalue weighted by atomic mass is 17.1. The maximum absolute atomic E-state index is 10.9. The highest BCUT2D eigenvalue weighted by Gasteiger charge is 2.30. The molecule has 0 bridgehead atoms. The molecule has 0 radical (unpaired) electrons. The minimum Gasteiger partial charge on any atom is -0.466 e. The molecule has 0 aliphatic rings. The van der Waals surface area contributed by atoms with E-state index >= 15 is 0 Å². The molecule has 1 unspecified atom stereocenters. The number of methoxy groups -OCH3 is 2. The first-order valence-electron chi connectivity index (χ1n) is 6.26. The van der Waals surface area contributed by atoms with Gasteiger partial charge >= 0.3 is 5.97 Å². The lowest BCUT2D eigenvalue weighted by molar-refractivity contribution is -0.402. The van der Waals surface area contributed by atoms with Gasteiger partial charge in [0.25, 0.3) is 0 Å². The summed E-state index contributed by atoms with van der Waals surface area (Å²) in [5.41, 5.74) is 0. The monoisotopic (exact) mass is 260 g/mol. The molecular weight excluding hydrogens is 236 g/mol. The van der Waals surface area contributed by atoms with Crippen molar-refractivity contribution in [2.45, 2.75) is 51.2 Å². The van der Waals surface area contributed by atoms with Gasteiger partial charge in [0.2, 0.25) is 5.79 Å². The van der Waals surface area contributed by atoms with Crippen molar-refractivity contribution in [1.29, 1.82) is 0 Å². The number of carbonyl (C=O) groups excluding carboxylic acids is 1. The number of carbonyl (C=O) groups is 1. The molecule has 18 heavy (non-hydrogen) atoms. The van der Waals surface area contributed by atoms with Gasteiger partial charge in [0, 0.05) is 26.0 Å². The molecule has 0 aromatic heterocycles. The third kappa shape index (κ3) is 6.74. The molecule has 0 saturated carbocycles. The number of rotatable bonds is 10. The van der Waals surface area contributed by atoms with Crippen LogP contribution in [0.1, 0.15) is 45.4 Å². The first-order valence-corrected chi connectivity index (χ1v) is 6.26. The average Bonchev–Trinajstić information content (AvgIpc) is 2.41. The van der Waals surface area contributed by atoms with Crippen molar-refractivity contribution >= 4 is 5.97 Å². The van der Waals surface area contributed by atoms with Gasteiger partial charge in [0.1, 0.15) is 0 Å². The van der Waals surface area contributed by atoms with Gasteiger partial charge in [-0.2, -0.15) is 0 Å². The molecule has 0 amide bonds. The molecule has 0 aliphatic heterocycles. The molecule has 5 heteroatoms. The van der Waals surface area contributed by atoms with Crippen LogP contribution in [0.3, 0.4) is 0 Å². The molecule has 1 atom stereocenters. The highest BCUT2D eigenvalue weighted by Crippen LogP contribution is 2.25. The van der Waals surface area contributed by atoms with E-state index < -0.39 is 11.8 Å². The van der Waals surface area contributed by atoms with Crippen molar-refractivity contribution in [3.8, 4) is 0 Å². The second-order valence-corrected chi connectivity index (χ2v) is 4.13. The Balaban J connectivity index is 4.16. The van der Waals surface area contributed by atoms with Crippen LogP contribution in [0, 0.1) is 0 Å². The average molecular weight is 260 g/mol. The Kier molecular flexibility index (Phi) is 9.55. The van der Waals surface area contributed by atoms with E-state index in [0.717, 1.165) is 19.3 Å². The summed E-state index contributed by atoms with van der Waals surface area (Å²) in [6.45, 7) is 2.10. The summed E-state index contributed by atoms with van der Waals surface area (Å²) in [7, 11) is 2.83. The normalized spacial score (nSPS) is 14.7. The quantitative estimate of drug-likeness (QED) is 0.163. The van der Waals surface area contributed by atoms with Gasteiger partial charge in [-0.3, -0.25) is 0 Å². The molecule has 0 saturated heterocycles. The summed E-state index contributed by atoms with van der Waals surface area (Å²) in [6, 6.07) is 0. The van der Waals surface area contributed by atoms with Crippen LogP contribution in [0.25, 0.3) is 0 Å². The standard InChI is InChI=1S/C13H24O5/c1-4-5-7-10-13(17-3,18-15)11-8-6-9-12(14)16-2/h6,9,15H,4-5,7-8,10-11H2,1-3H3/b9-6+. The van der Waals surface area contributed by atoms with Crippen LogP contribution in [0.2, 0.25) is 0 Å². The zero-order valence-corrected chi connectivity index (χ0v) is 11.5. The molecule has 106 valence electrons. The molecular formula is C13H24O5. The number of hydrogen-bond donors (Lipinski definition) is 1. The fourth-order valence-corrected chi connectivity index (χ4v) is 1.65. The van der Waals surface area contributed by atoms with E-state index in [1.54, 1.807) is 6.08 Å². The molecule has 1 N–H and O–H groups in total. The number of esters is 1. The first-order chi connectivity index (χ1) is 8.64. The van der Waals surface area contributed by atoms with Gasteiger partial charge in [-0.1, -0.05) is 25.8 Å². The van der Waals surface area contributed by atoms with E-state index in [4.69, 9.17) is 9.99 Å². The highest BCUT2D eigenvalue weighted by molar-refractivity contribution is 5.81. The van der Waals surface area contributed by atoms with E-state index in [2.05, 4.69) is 16.5 Å². The topological polar surface area (TPSA) is 65.0 Å². The van der Waals surface area contributed by atoms with Crippen molar-refractivity contribution in [3.63, 3.8) is 0 Å². The Labute approximate surface area is 109 Å². The SMILES string of the molecule is CCCCCC(CC/C=C/C(=O)OC)(OC)OO. The molecule has 0 aromatic rings. The molecule has 0 aromatic carbocycles. The number of allylic oxidation sites excluding steroid dienone is 1. The Hall–Kier alpha value is -0.910. The van der Waals surface area contributed by atoms with Crippen molar-refractivity contribution < 1.29 is 24.4 Å². The molecule has 0 aliphatic carbocycles. The lowest BCUT2D eigenvalue weighted by atomic mass is 10.0. The number of ether oxygens (including phenoxy) is 2. The lowest BCUT2D eigenvalue weighted by Crippen LogP contribution is -2.33.